The van der Waals surface area contributed by atoms with Crippen LogP contribution in [0, 0.1) is 11.3 Å². The maximum Gasteiger partial charge on any atom is 0.335 e. The summed E-state index contributed by atoms with van der Waals surface area (Å²) < 4.78 is 0. The number of nitrogens with zero attached hydrogens (tertiary/aromatic N) is 2. The van der Waals surface area contributed by atoms with Gasteiger partial charge >= 0.3 is 5.97 Å². The van der Waals surface area contributed by atoms with E-state index in [9.17, 15) is 4.79 Å². The van der Waals surface area contributed by atoms with E-state index in [0.29, 0.717) is 24.3 Å². The highest BCUT2D eigenvalue weighted by Crippen LogP contribution is 2.26. The Kier molecular flexibility index (Phi) is 4.55. The van der Waals surface area contributed by atoms with Crippen molar-refractivity contribution in [1.82, 2.24) is 0 Å². The summed E-state index contributed by atoms with van der Waals surface area (Å²) in [6, 6.07) is 6.54. The Morgan fingerprint density at radius 3 is 2.61 bits per heavy atom. The Balaban J connectivity index is 3.15. The Hall–Kier alpha value is -2.22. The summed E-state index contributed by atoms with van der Waals surface area (Å²) >= 11 is 0. The van der Waals surface area contributed by atoms with Gasteiger partial charge in [0.2, 0.25) is 0 Å². The van der Waals surface area contributed by atoms with Crippen LogP contribution in [0.5, 0.6) is 0 Å². The largest absolute Gasteiger partial charge is 0.478 e. The molecule has 0 aliphatic carbocycles. The van der Waals surface area contributed by atoms with Crippen molar-refractivity contribution in [3.63, 3.8) is 0 Å². The van der Waals surface area contributed by atoms with Crippen LogP contribution in [0.3, 0.4) is 0 Å². The molecule has 1 aromatic carbocycles. The Morgan fingerprint density at radius 1 is 1.56 bits per heavy atom. The number of nitrogens with two attached hydrogens (primary N) is 1. The van der Waals surface area contributed by atoms with Gasteiger partial charge in [-0.25, -0.2) is 4.79 Å². The highest BCUT2D eigenvalue weighted by molar-refractivity contribution is 5.90. The summed E-state index contributed by atoms with van der Waals surface area (Å²) in [5, 5.41) is 18.0. The number of nitrogen functional groups attached to an aromatic ring is 1. The molecule has 5 nitrogen and oxygen atoms in total. The van der Waals surface area contributed by atoms with Gasteiger partial charge in [0, 0.05) is 6.54 Å². The number of carboxylic acids is 1. The minimum absolute atomic E-state index is 0.150. The number of benzene rings is 1. The van der Waals surface area contributed by atoms with Crippen molar-refractivity contribution in [3.8, 4) is 6.07 Å². The van der Waals surface area contributed by atoms with Gasteiger partial charge in [0.1, 0.15) is 6.04 Å². The number of hydrogen-bond donors (Lipinski definition) is 2. The molecule has 0 aliphatic rings. The Bertz CT molecular complexity index is 480. The van der Waals surface area contributed by atoms with Crippen molar-refractivity contribution >= 4 is 17.3 Å². The quantitative estimate of drug-likeness (QED) is 0.777. The SMILES string of the molecule is CCC(C#N)N(CC)c1ccc(C(=O)O)cc1N. The Morgan fingerprint density at radius 2 is 2.22 bits per heavy atom. The fourth-order valence-electron chi connectivity index (χ4n) is 1.89. The van der Waals surface area contributed by atoms with Gasteiger partial charge in [-0.15, -0.1) is 0 Å². The summed E-state index contributed by atoms with van der Waals surface area (Å²) in [4.78, 5) is 12.7. The van der Waals surface area contributed by atoms with E-state index in [2.05, 4.69) is 6.07 Å². The molecule has 0 aliphatic heterocycles. The summed E-state index contributed by atoms with van der Waals surface area (Å²) in [6.07, 6.45) is 0.685. The number of nitriles is 1. The molecule has 0 spiro atoms. The molecule has 18 heavy (non-hydrogen) atoms. The second-order valence-electron chi connectivity index (χ2n) is 3.92. The van der Waals surface area contributed by atoms with E-state index < -0.39 is 5.97 Å². The van der Waals surface area contributed by atoms with Crippen molar-refractivity contribution in [2.24, 2.45) is 0 Å². The standard InChI is InChI=1S/C13H17N3O2/c1-3-10(8-14)16(4-2)12-6-5-9(13(17)18)7-11(12)15/h5-7,10H,3-4,15H2,1-2H3,(H,17,18). The van der Waals surface area contributed by atoms with E-state index in [4.69, 9.17) is 16.1 Å². The number of rotatable bonds is 5. The first-order valence-electron chi connectivity index (χ1n) is 5.84. The monoisotopic (exact) mass is 247 g/mol. The van der Waals surface area contributed by atoms with E-state index >= 15 is 0 Å². The van der Waals surface area contributed by atoms with Gasteiger partial charge in [0.05, 0.1) is 23.0 Å². The van der Waals surface area contributed by atoms with Crippen molar-refractivity contribution in [3.05, 3.63) is 23.8 Å². The van der Waals surface area contributed by atoms with Crippen LogP contribution in [0.1, 0.15) is 30.6 Å². The van der Waals surface area contributed by atoms with Gasteiger partial charge in [0.25, 0.3) is 0 Å². The van der Waals surface area contributed by atoms with Crippen LogP contribution in [0.25, 0.3) is 0 Å². The van der Waals surface area contributed by atoms with E-state index in [0.717, 1.165) is 0 Å². The molecule has 0 radical (unpaired) electrons. The van der Waals surface area contributed by atoms with E-state index in [-0.39, 0.29) is 11.6 Å². The van der Waals surface area contributed by atoms with Crippen molar-refractivity contribution < 1.29 is 9.90 Å². The summed E-state index contributed by atoms with van der Waals surface area (Å²) in [7, 11) is 0. The maximum atomic E-state index is 10.8. The van der Waals surface area contributed by atoms with Crippen LogP contribution in [0.2, 0.25) is 0 Å². The molecule has 1 unspecified atom stereocenters. The van der Waals surface area contributed by atoms with Gasteiger partial charge in [-0.05, 0) is 31.5 Å². The first-order valence-corrected chi connectivity index (χ1v) is 5.84. The normalized spacial score (nSPS) is 11.6. The lowest BCUT2D eigenvalue weighted by Gasteiger charge is -2.28. The average molecular weight is 247 g/mol. The smallest absolute Gasteiger partial charge is 0.335 e. The third-order valence-electron chi connectivity index (χ3n) is 2.84. The minimum Gasteiger partial charge on any atom is -0.478 e. The molecule has 0 saturated carbocycles. The molecule has 0 fully saturated rings. The minimum atomic E-state index is -1.01. The van der Waals surface area contributed by atoms with Gasteiger partial charge in [-0.1, -0.05) is 6.92 Å². The molecule has 1 rings (SSSR count). The predicted octanol–water partition coefficient (Wildman–Crippen LogP) is 2.10. The number of carboxylic acid groups (broad SMARTS) is 1. The van der Waals surface area contributed by atoms with Crippen LogP contribution < -0.4 is 10.6 Å². The molecule has 1 atom stereocenters. The van der Waals surface area contributed by atoms with E-state index in [1.165, 1.54) is 12.1 Å². The highest BCUT2D eigenvalue weighted by Gasteiger charge is 2.18. The molecule has 96 valence electrons. The molecule has 0 amide bonds. The molecule has 3 N–H and O–H groups in total. The molecular weight excluding hydrogens is 230 g/mol. The highest BCUT2D eigenvalue weighted by atomic mass is 16.4. The molecule has 5 heteroatoms. The Labute approximate surface area is 106 Å². The molecule has 0 saturated heterocycles. The van der Waals surface area contributed by atoms with Gasteiger partial charge in [-0.2, -0.15) is 5.26 Å². The molecule has 0 bridgehead atoms. The van der Waals surface area contributed by atoms with Gasteiger partial charge in [-0.3, -0.25) is 0 Å². The number of hydrogen-bond acceptors (Lipinski definition) is 4. The fraction of sp³-hybridized carbons (Fsp3) is 0.385. The molecule has 0 heterocycles. The number of carbonyl (C=O) groups is 1. The summed E-state index contributed by atoms with van der Waals surface area (Å²) in [6.45, 7) is 4.51. The first-order chi connectivity index (χ1) is 8.54. The van der Waals surface area contributed by atoms with E-state index in [1.54, 1.807) is 6.07 Å². The lowest BCUT2D eigenvalue weighted by Crippen LogP contribution is -2.34. The fourth-order valence-corrected chi connectivity index (χ4v) is 1.89. The zero-order valence-electron chi connectivity index (χ0n) is 10.6. The zero-order chi connectivity index (χ0) is 13.7. The van der Waals surface area contributed by atoms with Crippen LogP contribution in [0.4, 0.5) is 11.4 Å². The van der Waals surface area contributed by atoms with Crippen molar-refractivity contribution in [2.45, 2.75) is 26.3 Å². The second-order valence-corrected chi connectivity index (χ2v) is 3.92. The molecular formula is C13H17N3O2. The van der Waals surface area contributed by atoms with E-state index in [1.807, 2.05) is 18.7 Å². The third kappa shape index (κ3) is 2.72. The maximum absolute atomic E-state index is 10.8. The number of anilines is 2. The first kappa shape index (κ1) is 13.8. The average Bonchev–Trinajstić information content (AvgIpc) is 2.36. The van der Waals surface area contributed by atoms with Crippen LogP contribution >= 0.6 is 0 Å². The zero-order valence-corrected chi connectivity index (χ0v) is 10.6. The third-order valence-corrected chi connectivity index (χ3v) is 2.84. The summed E-state index contributed by atoms with van der Waals surface area (Å²) in [5.41, 5.74) is 7.10. The van der Waals surface area contributed by atoms with Crippen LogP contribution in [-0.2, 0) is 0 Å². The summed E-state index contributed by atoms with van der Waals surface area (Å²) in [5.74, 6) is -1.01. The molecule has 1 aromatic rings. The van der Waals surface area contributed by atoms with Crippen molar-refractivity contribution in [2.75, 3.05) is 17.2 Å². The van der Waals surface area contributed by atoms with Gasteiger partial charge in [0.15, 0.2) is 0 Å². The lowest BCUT2D eigenvalue weighted by atomic mass is 10.1. The topological polar surface area (TPSA) is 90.3 Å². The van der Waals surface area contributed by atoms with Crippen LogP contribution in [0.15, 0.2) is 18.2 Å². The lowest BCUT2D eigenvalue weighted by molar-refractivity contribution is 0.0697. The van der Waals surface area contributed by atoms with Crippen molar-refractivity contribution in [1.29, 1.82) is 5.26 Å². The number of aromatic carboxylic acids is 1. The molecule has 0 aromatic heterocycles. The van der Waals surface area contributed by atoms with Crippen LogP contribution in [-0.4, -0.2) is 23.7 Å². The predicted molar refractivity (Wildman–Crippen MR) is 70.5 cm³/mol. The second kappa shape index (κ2) is 5.92. The van der Waals surface area contributed by atoms with Gasteiger partial charge < -0.3 is 15.7 Å².